The van der Waals surface area contributed by atoms with Crippen LogP contribution in [-0.4, -0.2) is 16.1 Å². The van der Waals surface area contributed by atoms with Crippen LogP contribution in [0.15, 0.2) is 6.07 Å². The first-order chi connectivity index (χ1) is 9.86. The molecule has 1 aromatic heterocycles. The Morgan fingerprint density at radius 2 is 1.57 bits per heavy atom. The third-order valence-electron chi connectivity index (χ3n) is 4.48. The van der Waals surface area contributed by atoms with Gasteiger partial charge in [0.25, 0.3) is 5.91 Å². The van der Waals surface area contributed by atoms with Gasteiger partial charge in [-0.25, -0.2) is 0 Å². The lowest BCUT2D eigenvalue weighted by atomic mass is 9.89. The smallest absolute Gasteiger partial charge is 0.257 e. The van der Waals surface area contributed by atoms with Crippen molar-refractivity contribution in [2.45, 2.75) is 48.0 Å². The van der Waals surface area contributed by atoms with Gasteiger partial charge in [0.2, 0.25) is 0 Å². The van der Waals surface area contributed by atoms with Gasteiger partial charge in [0.05, 0.1) is 0 Å². The molecule has 0 saturated carbocycles. The van der Waals surface area contributed by atoms with Crippen LogP contribution < -0.4 is 5.32 Å². The molecule has 21 heavy (non-hydrogen) atoms. The molecule has 0 fully saturated rings. The molecule has 0 radical (unpaired) electrons. The molecule has 0 bridgehead atoms. The standard InChI is InChI=1S/C17H23N3O/c1-7-14-8-15(20-19-14)18-17(21)16-12(5)10(3)9(2)11(4)13(16)6/h8H,7H2,1-6H3,(H2,18,19,20,21). The van der Waals surface area contributed by atoms with E-state index in [1.165, 1.54) is 16.7 Å². The zero-order valence-corrected chi connectivity index (χ0v) is 13.6. The van der Waals surface area contributed by atoms with Crippen molar-refractivity contribution in [3.05, 3.63) is 45.1 Å². The zero-order valence-electron chi connectivity index (χ0n) is 13.6. The van der Waals surface area contributed by atoms with Crippen molar-refractivity contribution in [3.63, 3.8) is 0 Å². The van der Waals surface area contributed by atoms with Gasteiger partial charge in [-0.3, -0.25) is 9.89 Å². The molecule has 1 heterocycles. The van der Waals surface area contributed by atoms with Gasteiger partial charge < -0.3 is 5.32 Å². The second-order valence-corrected chi connectivity index (χ2v) is 5.59. The number of aromatic amines is 1. The van der Waals surface area contributed by atoms with Gasteiger partial charge in [-0.05, 0) is 68.9 Å². The number of H-pyrrole nitrogens is 1. The Morgan fingerprint density at radius 3 is 2.05 bits per heavy atom. The number of aromatic nitrogens is 2. The van der Waals surface area contributed by atoms with E-state index in [4.69, 9.17) is 0 Å². The van der Waals surface area contributed by atoms with Gasteiger partial charge in [-0.1, -0.05) is 6.92 Å². The molecule has 0 aliphatic heterocycles. The molecule has 4 nitrogen and oxygen atoms in total. The number of anilines is 1. The van der Waals surface area contributed by atoms with E-state index in [-0.39, 0.29) is 5.91 Å². The number of hydrogen-bond acceptors (Lipinski definition) is 2. The van der Waals surface area contributed by atoms with Gasteiger partial charge >= 0.3 is 0 Å². The predicted octanol–water partition coefficient (Wildman–Crippen LogP) is 3.77. The first kappa shape index (κ1) is 15.3. The number of carbonyl (C=O) groups excluding carboxylic acids is 1. The summed E-state index contributed by atoms with van der Waals surface area (Å²) in [4.78, 5) is 12.6. The normalized spacial score (nSPS) is 10.8. The SMILES string of the molecule is CCc1cc(NC(=O)c2c(C)c(C)c(C)c(C)c2C)n[nH]1. The van der Waals surface area contributed by atoms with Gasteiger partial charge in [0, 0.05) is 17.3 Å². The Bertz CT molecular complexity index is 669. The van der Waals surface area contributed by atoms with Crippen molar-refractivity contribution >= 4 is 11.7 Å². The summed E-state index contributed by atoms with van der Waals surface area (Å²) in [7, 11) is 0. The molecule has 0 atom stereocenters. The van der Waals surface area contributed by atoms with Crippen LogP contribution in [0.4, 0.5) is 5.82 Å². The second kappa shape index (κ2) is 5.72. The quantitative estimate of drug-likeness (QED) is 0.902. The van der Waals surface area contributed by atoms with E-state index in [2.05, 4.69) is 36.3 Å². The summed E-state index contributed by atoms with van der Waals surface area (Å²) in [6, 6.07) is 1.87. The lowest BCUT2D eigenvalue weighted by Crippen LogP contribution is -2.17. The van der Waals surface area contributed by atoms with E-state index in [1.54, 1.807) is 0 Å². The summed E-state index contributed by atoms with van der Waals surface area (Å²) < 4.78 is 0. The van der Waals surface area contributed by atoms with Crippen LogP contribution in [0.3, 0.4) is 0 Å². The topological polar surface area (TPSA) is 57.8 Å². The lowest BCUT2D eigenvalue weighted by Gasteiger charge is -2.17. The summed E-state index contributed by atoms with van der Waals surface area (Å²) in [6.45, 7) is 12.3. The molecular weight excluding hydrogens is 262 g/mol. The minimum Gasteiger partial charge on any atom is -0.305 e. The number of aryl methyl sites for hydroxylation is 1. The van der Waals surface area contributed by atoms with Crippen molar-refractivity contribution in [2.24, 2.45) is 0 Å². The molecule has 2 N–H and O–H groups in total. The third-order valence-corrected chi connectivity index (χ3v) is 4.48. The number of rotatable bonds is 3. The highest BCUT2D eigenvalue weighted by Crippen LogP contribution is 2.26. The van der Waals surface area contributed by atoms with E-state index in [0.29, 0.717) is 5.82 Å². The fourth-order valence-corrected chi connectivity index (χ4v) is 2.63. The Balaban J connectivity index is 2.39. The van der Waals surface area contributed by atoms with Gasteiger partial charge in [0.1, 0.15) is 0 Å². The molecule has 0 aliphatic rings. The van der Waals surface area contributed by atoms with Gasteiger partial charge in [-0.15, -0.1) is 0 Å². The van der Waals surface area contributed by atoms with E-state index < -0.39 is 0 Å². The Kier molecular flexibility index (Phi) is 4.16. The van der Waals surface area contributed by atoms with Crippen LogP contribution in [0.25, 0.3) is 0 Å². The van der Waals surface area contributed by atoms with E-state index >= 15 is 0 Å². The minimum absolute atomic E-state index is 0.0923. The highest BCUT2D eigenvalue weighted by molar-refractivity contribution is 6.06. The van der Waals surface area contributed by atoms with Crippen molar-refractivity contribution in [1.29, 1.82) is 0 Å². The maximum atomic E-state index is 12.6. The molecule has 0 unspecified atom stereocenters. The molecule has 0 saturated heterocycles. The summed E-state index contributed by atoms with van der Waals surface area (Å²) in [5, 5.41) is 9.91. The van der Waals surface area contributed by atoms with Crippen LogP contribution >= 0.6 is 0 Å². The van der Waals surface area contributed by atoms with E-state index in [1.807, 2.05) is 26.8 Å². The third kappa shape index (κ3) is 2.71. The van der Waals surface area contributed by atoms with Crippen molar-refractivity contribution in [2.75, 3.05) is 5.32 Å². The molecule has 1 amide bonds. The summed E-state index contributed by atoms with van der Waals surface area (Å²) in [6.07, 6.45) is 0.865. The molecule has 0 spiro atoms. The summed E-state index contributed by atoms with van der Waals surface area (Å²) in [5.74, 6) is 0.483. The number of amides is 1. The Labute approximate surface area is 126 Å². The molecular formula is C17H23N3O. The maximum Gasteiger partial charge on any atom is 0.257 e. The Morgan fingerprint density at radius 1 is 1.05 bits per heavy atom. The summed E-state index contributed by atoms with van der Waals surface area (Å²) >= 11 is 0. The fraction of sp³-hybridized carbons (Fsp3) is 0.412. The molecule has 2 aromatic rings. The summed E-state index contributed by atoms with van der Waals surface area (Å²) in [5.41, 5.74) is 7.47. The van der Waals surface area contributed by atoms with Crippen LogP contribution in [0, 0.1) is 34.6 Å². The number of nitrogens with zero attached hydrogens (tertiary/aromatic N) is 1. The van der Waals surface area contributed by atoms with Gasteiger partial charge in [0.15, 0.2) is 5.82 Å². The highest BCUT2D eigenvalue weighted by atomic mass is 16.1. The maximum absolute atomic E-state index is 12.6. The number of nitrogens with one attached hydrogen (secondary N) is 2. The monoisotopic (exact) mass is 285 g/mol. The molecule has 1 aromatic carbocycles. The van der Waals surface area contributed by atoms with Crippen molar-refractivity contribution in [1.82, 2.24) is 10.2 Å². The van der Waals surface area contributed by atoms with Crippen molar-refractivity contribution in [3.8, 4) is 0 Å². The van der Waals surface area contributed by atoms with Crippen LogP contribution in [-0.2, 0) is 6.42 Å². The van der Waals surface area contributed by atoms with Crippen LogP contribution in [0.5, 0.6) is 0 Å². The number of hydrogen-bond donors (Lipinski definition) is 2. The predicted molar refractivity (Wildman–Crippen MR) is 86.0 cm³/mol. The first-order valence-corrected chi connectivity index (χ1v) is 7.29. The molecule has 2 rings (SSSR count). The van der Waals surface area contributed by atoms with E-state index in [9.17, 15) is 4.79 Å². The van der Waals surface area contributed by atoms with Crippen LogP contribution in [0.2, 0.25) is 0 Å². The zero-order chi connectivity index (χ0) is 15.7. The molecule has 4 heteroatoms. The average molecular weight is 285 g/mol. The fourth-order valence-electron chi connectivity index (χ4n) is 2.63. The highest BCUT2D eigenvalue weighted by Gasteiger charge is 2.18. The lowest BCUT2D eigenvalue weighted by molar-refractivity contribution is 0.102. The Hall–Kier alpha value is -2.10. The number of carbonyl (C=O) groups is 1. The molecule has 112 valence electrons. The average Bonchev–Trinajstić information content (AvgIpc) is 2.90. The second-order valence-electron chi connectivity index (χ2n) is 5.59. The van der Waals surface area contributed by atoms with Crippen LogP contribution in [0.1, 0.15) is 50.8 Å². The minimum atomic E-state index is -0.0923. The van der Waals surface area contributed by atoms with Gasteiger partial charge in [-0.2, -0.15) is 5.10 Å². The molecule has 0 aliphatic carbocycles. The number of benzene rings is 1. The first-order valence-electron chi connectivity index (χ1n) is 7.29. The van der Waals surface area contributed by atoms with E-state index in [0.717, 1.165) is 28.8 Å². The van der Waals surface area contributed by atoms with Crippen molar-refractivity contribution < 1.29 is 4.79 Å². The largest absolute Gasteiger partial charge is 0.305 e.